The summed E-state index contributed by atoms with van der Waals surface area (Å²) in [7, 11) is 24.6. The van der Waals surface area contributed by atoms with Crippen LogP contribution in [0.25, 0.3) is 0 Å². The molecule has 6 aliphatic rings. The number of hydrogen-bond donors (Lipinski definition) is 3. The van der Waals surface area contributed by atoms with Crippen LogP contribution in [0.4, 0.5) is 0 Å². The van der Waals surface area contributed by atoms with E-state index in [0.717, 1.165) is 125 Å². The summed E-state index contributed by atoms with van der Waals surface area (Å²) in [4.78, 5) is 76.8. The van der Waals surface area contributed by atoms with Gasteiger partial charge in [-0.2, -0.15) is 0 Å². The van der Waals surface area contributed by atoms with Gasteiger partial charge in [0.25, 0.3) is 0 Å². The summed E-state index contributed by atoms with van der Waals surface area (Å²) in [5.41, 5.74) is 14.1. The van der Waals surface area contributed by atoms with Gasteiger partial charge in [-0.3, -0.25) is 19.2 Å². The number of benzene rings is 8. The van der Waals surface area contributed by atoms with Crippen LogP contribution >= 0.6 is 0 Å². The molecular weight excluding hydrogens is 1690 g/mol. The van der Waals surface area contributed by atoms with Crippen LogP contribution < -0.4 is 57.9 Å². The van der Waals surface area contributed by atoms with Gasteiger partial charge in [0.2, 0.25) is 0 Å². The molecule has 0 aromatic heterocycles. The van der Waals surface area contributed by atoms with Crippen LogP contribution in [0.15, 0.2) is 182 Å². The number of likely N-dealkylation sites (N-methyl/N-ethyl adjacent to an activating group) is 5. The SMILES string of the molecule is COc1ccc2c(c1)[C@]13CCCC[C@@H]1C(C2)[NH+](C)CC3.COc1ccc2c(c1)[C@]13CCCC[C@@H]1C(C2)[NH+](C)CC3.COc1cccc(CCc2ccccc2OCC(CN(C)C)OC(=O)CCC(=O)O)c1.COc1cccc(CCc2ccccc2OC[C@@H](CN(C)C)OC(=O)CCC(=O)[O-])c1.COc1cccc(CCc2ccccc2OC[C@H](CN(C)C)OC(=O)CCC(=O)[O-])c1. The van der Waals surface area contributed by atoms with Crippen LogP contribution in [-0.4, -0.2) is 230 Å². The Kier molecular flexibility index (Phi) is 41.0. The van der Waals surface area contributed by atoms with E-state index in [4.69, 9.17) is 57.2 Å². The number of para-hydroxylation sites is 3. The molecule has 0 radical (unpaired) electrons. The van der Waals surface area contributed by atoms with Gasteiger partial charge in [-0.05, 0) is 254 Å². The number of carbonyl (C=O) groups excluding carboxylic acids is 5. The second-order valence-electron chi connectivity index (χ2n) is 36.9. The number of quaternary nitrogens is 2. The molecule has 25 nitrogen and oxygen atoms in total. The van der Waals surface area contributed by atoms with Crippen molar-refractivity contribution in [1.82, 2.24) is 14.7 Å². The second-order valence-corrected chi connectivity index (χ2v) is 36.9. The first-order chi connectivity index (χ1) is 64.1. The number of aliphatic carboxylic acids is 3. The highest BCUT2D eigenvalue weighted by Crippen LogP contribution is 2.55. The highest BCUT2D eigenvalue weighted by molar-refractivity contribution is 5.77. The maximum atomic E-state index is 12.0. The number of ether oxygens (including phenoxy) is 11. The van der Waals surface area contributed by atoms with E-state index in [2.05, 4.69) is 68.7 Å². The third-order valence-electron chi connectivity index (χ3n) is 26.8. The Hall–Kier alpha value is -11.2. The number of carboxylic acid groups (broad SMARTS) is 3. The summed E-state index contributed by atoms with van der Waals surface area (Å²) in [6.45, 7) is 4.62. The van der Waals surface area contributed by atoms with E-state index in [9.17, 15) is 39.0 Å². The minimum atomic E-state index is -1.28. The number of rotatable bonds is 41. The number of fused-ring (bicyclic) bond motifs is 2. The molecule has 3 N–H and O–H groups in total. The minimum Gasteiger partial charge on any atom is -0.550 e. The predicted molar refractivity (Wildman–Crippen MR) is 509 cm³/mol. The van der Waals surface area contributed by atoms with Crippen molar-refractivity contribution in [3.8, 4) is 46.0 Å². The van der Waals surface area contributed by atoms with Crippen LogP contribution in [0.1, 0.15) is 158 Å². The Morgan fingerprint density at radius 1 is 0.383 bits per heavy atom. The fraction of sp³-hybridized carbons (Fsp3) is 0.500. The van der Waals surface area contributed by atoms with Gasteiger partial charge in [0, 0.05) is 79.9 Å². The maximum Gasteiger partial charge on any atom is 0.306 e. The van der Waals surface area contributed by atoms with Gasteiger partial charge in [-0.1, -0.05) is 129 Å². The van der Waals surface area contributed by atoms with Gasteiger partial charge in [-0.25, -0.2) is 0 Å². The summed E-state index contributed by atoms with van der Waals surface area (Å²) < 4.78 is 61.2. The van der Waals surface area contributed by atoms with E-state index in [1.807, 2.05) is 184 Å². The normalized spacial score (nSPS) is 19.9. The third-order valence-corrected chi connectivity index (χ3v) is 26.8. The zero-order chi connectivity index (χ0) is 95.4. The number of carbonyl (C=O) groups is 6. The van der Waals surface area contributed by atoms with Crippen molar-refractivity contribution >= 4 is 35.8 Å². The highest BCUT2D eigenvalue weighted by Gasteiger charge is 2.57. The molecule has 4 bridgehead atoms. The average Bonchev–Trinajstić information content (AvgIpc) is 0.720. The van der Waals surface area contributed by atoms with Crippen LogP contribution in [0, 0.1) is 11.8 Å². The zero-order valence-corrected chi connectivity index (χ0v) is 80.5. The number of nitrogens with one attached hydrogen (secondary N) is 2. The van der Waals surface area contributed by atoms with E-state index in [1.165, 1.54) is 107 Å². The lowest BCUT2D eigenvalue weighted by atomic mass is 9.52. The maximum absolute atomic E-state index is 12.0. The number of nitrogens with zero attached hydrogens (tertiary/aromatic N) is 3. The van der Waals surface area contributed by atoms with E-state index in [0.29, 0.717) is 30.5 Å². The third kappa shape index (κ3) is 31.4. The standard InChI is InChI=1S/3C24H31NO6.2C18H25NO/c3*1-25(2)16-21(31-24(28)14-13-23(26)27)17-30-22-10-5-4-8-19(22)12-11-18-7-6-9-20(15-18)29-3;2*1-19-10-9-18-8-4-3-5-15(18)17(19)11-13-6-7-14(20-2)12-16(13)18/h3*4-10,15,21H,11-14,16-17H2,1-3H3,(H,26,27);2*6-7,12,15,17H,3-5,8-11H2,1-2H3/t2*21-;;2*15-,17?,18+/m10.11/s1. The van der Waals surface area contributed by atoms with Gasteiger partial charge in [0.05, 0.1) is 101 Å². The minimum absolute atomic E-state index is 0.156. The second kappa shape index (κ2) is 52.4. The smallest absolute Gasteiger partial charge is 0.306 e. The first-order valence-electron chi connectivity index (χ1n) is 47.2. The quantitative estimate of drug-likeness (QED) is 0.0237. The molecule has 14 rings (SSSR count). The zero-order valence-electron chi connectivity index (χ0n) is 80.5. The van der Waals surface area contributed by atoms with Crippen molar-refractivity contribution in [2.24, 2.45) is 11.8 Å². The topological polar surface area (TPSA) is 289 Å². The molecule has 2 saturated carbocycles. The average molecular weight is 1830 g/mol. The van der Waals surface area contributed by atoms with Crippen molar-refractivity contribution in [1.29, 1.82) is 0 Å². The van der Waals surface area contributed by atoms with E-state index >= 15 is 0 Å². The van der Waals surface area contributed by atoms with Crippen molar-refractivity contribution < 1.29 is 106 Å². The van der Waals surface area contributed by atoms with Gasteiger partial charge in [0.1, 0.15) is 84.1 Å². The van der Waals surface area contributed by atoms with Gasteiger partial charge in [0.15, 0.2) is 0 Å². The fourth-order valence-electron chi connectivity index (χ4n) is 20.3. The highest BCUT2D eigenvalue weighted by atomic mass is 16.6. The van der Waals surface area contributed by atoms with Crippen molar-refractivity contribution in [3.63, 3.8) is 0 Å². The van der Waals surface area contributed by atoms with E-state index in [-0.39, 0.29) is 58.3 Å². The van der Waals surface area contributed by atoms with Gasteiger partial charge < -0.3 is 102 Å². The van der Waals surface area contributed by atoms with Crippen molar-refractivity contribution in [2.45, 2.75) is 195 Å². The molecule has 4 aliphatic carbocycles. The predicted octanol–water partition coefficient (Wildman–Crippen LogP) is 10.9. The van der Waals surface area contributed by atoms with Crippen molar-refractivity contribution in [3.05, 3.63) is 238 Å². The van der Waals surface area contributed by atoms with E-state index in [1.54, 1.807) is 67.6 Å². The van der Waals surface area contributed by atoms with E-state index < -0.39 is 54.1 Å². The number of aryl methyl sites for hydroxylation is 6. The molecule has 11 atom stereocenters. The molecule has 720 valence electrons. The van der Waals surface area contributed by atoms with Gasteiger partial charge in [-0.15, -0.1) is 0 Å². The Labute approximate surface area is 787 Å². The fourth-order valence-corrected chi connectivity index (χ4v) is 20.3. The first kappa shape index (κ1) is 104. The summed E-state index contributed by atoms with van der Waals surface area (Å²) in [6, 6.07) is 62.7. The molecule has 2 heterocycles. The summed E-state index contributed by atoms with van der Waals surface area (Å²) >= 11 is 0. The summed E-state index contributed by atoms with van der Waals surface area (Å²) in [6.07, 6.45) is 18.5. The Balaban J connectivity index is 0.000000174. The number of piperidine rings is 2. The number of methoxy groups -OCH3 is 5. The Bertz CT molecular complexity index is 4590. The van der Waals surface area contributed by atoms with Gasteiger partial charge >= 0.3 is 23.9 Å². The molecule has 2 saturated heterocycles. The van der Waals surface area contributed by atoms with Crippen LogP contribution in [0.2, 0.25) is 0 Å². The number of hydrogen-bond acceptors (Lipinski definition) is 22. The first-order valence-corrected chi connectivity index (χ1v) is 47.2. The largest absolute Gasteiger partial charge is 0.550 e. The molecule has 133 heavy (non-hydrogen) atoms. The van der Waals surface area contributed by atoms with Crippen LogP contribution in [0.5, 0.6) is 46.0 Å². The lowest BCUT2D eigenvalue weighted by molar-refractivity contribution is -0.919. The van der Waals surface area contributed by atoms with Crippen LogP contribution in [0.3, 0.4) is 0 Å². The lowest BCUT2D eigenvalue weighted by Gasteiger charge is -2.56. The Morgan fingerprint density at radius 2 is 0.699 bits per heavy atom. The van der Waals surface area contributed by atoms with Crippen LogP contribution in [-0.2, 0) is 105 Å². The molecule has 0 spiro atoms. The monoisotopic (exact) mass is 1830 g/mol. The molecule has 8 aromatic carbocycles. The van der Waals surface area contributed by atoms with Crippen molar-refractivity contribution in [2.75, 3.05) is 144 Å². The number of carboxylic acids is 3. The molecule has 5 unspecified atom stereocenters. The lowest BCUT2D eigenvalue weighted by Crippen LogP contribution is -3.16. The molecule has 25 heteroatoms. The Morgan fingerprint density at radius 3 is 1.01 bits per heavy atom. The molecule has 4 fully saturated rings. The number of likely N-dealkylation sites (tertiary alicyclic amines) is 2. The molecule has 0 amide bonds. The molecule has 2 aliphatic heterocycles. The molecular formula is C108H143N5O20. The molecule has 8 aromatic rings. The number of esters is 3. The summed E-state index contributed by atoms with van der Waals surface area (Å²) in [5.74, 6) is 3.35. The summed E-state index contributed by atoms with van der Waals surface area (Å²) in [5, 5.41) is 29.9.